The van der Waals surface area contributed by atoms with Crippen LogP contribution in [-0.2, 0) is 16.1 Å². The van der Waals surface area contributed by atoms with Crippen molar-refractivity contribution in [2.45, 2.75) is 25.5 Å². The number of amides is 1. The second kappa shape index (κ2) is 8.81. The molecule has 132 valence electrons. The van der Waals surface area contributed by atoms with Crippen LogP contribution in [0.25, 0.3) is 0 Å². The predicted molar refractivity (Wildman–Crippen MR) is 95.2 cm³/mol. The minimum atomic E-state index is 0.105. The van der Waals surface area contributed by atoms with Crippen LogP contribution in [0.4, 0.5) is 0 Å². The average molecular weight is 352 g/mol. The van der Waals surface area contributed by atoms with Crippen molar-refractivity contribution in [2.75, 3.05) is 45.9 Å². The molecule has 1 atom stereocenters. The summed E-state index contributed by atoms with van der Waals surface area (Å²) in [6.45, 7) is 6.68. The number of nitrogens with zero attached hydrogens (tertiary/aromatic N) is 2. The highest BCUT2D eigenvalue weighted by Gasteiger charge is 2.20. The first kappa shape index (κ1) is 17.7. The highest BCUT2D eigenvalue weighted by Crippen LogP contribution is 2.14. The monoisotopic (exact) mass is 351 g/mol. The molecular weight excluding hydrogens is 326 g/mol. The van der Waals surface area contributed by atoms with E-state index in [0.29, 0.717) is 13.1 Å². The summed E-state index contributed by atoms with van der Waals surface area (Å²) in [4.78, 5) is 16.7. The second-order valence-corrected chi connectivity index (χ2v) is 7.06. The van der Waals surface area contributed by atoms with Gasteiger partial charge in [-0.3, -0.25) is 14.6 Å². The number of carbonyl (C=O) groups excluding carboxylic acids is 1. The van der Waals surface area contributed by atoms with Gasteiger partial charge in [0, 0.05) is 50.9 Å². The Bertz CT molecular complexity index is 541. The molecule has 0 saturated carbocycles. The molecule has 1 aromatic rings. The summed E-state index contributed by atoms with van der Waals surface area (Å²) in [5.41, 5.74) is 1.24. The average Bonchev–Trinajstić information content (AvgIpc) is 3.08. The maximum absolute atomic E-state index is 12.0. The number of rotatable bonds is 6. The Balaban J connectivity index is 1.34. The molecule has 2 aliphatic rings. The third-order valence-electron chi connectivity index (χ3n) is 4.68. The van der Waals surface area contributed by atoms with Gasteiger partial charge in [0.25, 0.3) is 0 Å². The summed E-state index contributed by atoms with van der Waals surface area (Å²) in [6.07, 6.45) is 2.38. The number of hydrogen-bond donors (Lipinski definition) is 1. The van der Waals surface area contributed by atoms with E-state index in [1.165, 1.54) is 5.56 Å². The number of halogens is 1. The second-order valence-electron chi connectivity index (χ2n) is 6.62. The maximum Gasteiger partial charge on any atom is 0.234 e. The van der Waals surface area contributed by atoms with Crippen LogP contribution < -0.4 is 5.32 Å². The van der Waals surface area contributed by atoms with E-state index in [0.717, 1.165) is 57.2 Å². The lowest BCUT2D eigenvalue weighted by atomic mass is 10.2. The Kier molecular flexibility index (Phi) is 6.49. The van der Waals surface area contributed by atoms with Crippen molar-refractivity contribution in [1.29, 1.82) is 0 Å². The van der Waals surface area contributed by atoms with Gasteiger partial charge in [-0.15, -0.1) is 0 Å². The number of benzene rings is 1. The highest BCUT2D eigenvalue weighted by molar-refractivity contribution is 6.30. The minimum absolute atomic E-state index is 0.105. The first-order valence-electron chi connectivity index (χ1n) is 8.76. The third kappa shape index (κ3) is 5.45. The number of hydrogen-bond acceptors (Lipinski definition) is 4. The molecule has 2 aliphatic heterocycles. The zero-order valence-electron chi connectivity index (χ0n) is 14.0. The molecule has 5 nitrogen and oxygen atoms in total. The smallest absolute Gasteiger partial charge is 0.234 e. The summed E-state index contributed by atoms with van der Waals surface area (Å²) in [6, 6.07) is 8.02. The summed E-state index contributed by atoms with van der Waals surface area (Å²) in [7, 11) is 0. The van der Waals surface area contributed by atoms with Crippen LogP contribution in [-0.4, -0.2) is 67.7 Å². The lowest BCUT2D eigenvalue weighted by Crippen LogP contribution is -2.49. The van der Waals surface area contributed by atoms with E-state index in [2.05, 4.69) is 21.2 Å². The molecule has 1 aromatic carbocycles. The van der Waals surface area contributed by atoms with E-state index in [-0.39, 0.29) is 12.0 Å². The molecule has 0 aliphatic carbocycles. The molecule has 1 N–H and O–H groups in total. The van der Waals surface area contributed by atoms with Gasteiger partial charge in [0.05, 0.1) is 12.6 Å². The molecule has 0 unspecified atom stereocenters. The molecule has 24 heavy (non-hydrogen) atoms. The van der Waals surface area contributed by atoms with Crippen molar-refractivity contribution in [3.8, 4) is 0 Å². The van der Waals surface area contributed by atoms with E-state index in [1.54, 1.807) is 0 Å². The minimum Gasteiger partial charge on any atom is -0.376 e. The first-order chi connectivity index (χ1) is 11.7. The fourth-order valence-corrected chi connectivity index (χ4v) is 3.50. The topological polar surface area (TPSA) is 44.8 Å². The molecular formula is C18H26ClN3O2. The van der Waals surface area contributed by atoms with Gasteiger partial charge in [-0.2, -0.15) is 0 Å². The predicted octanol–water partition coefficient (Wildman–Crippen LogP) is 1.75. The first-order valence-corrected chi connectivity index (χ1v) is 9.14. The van der Waals surface area contributed by atoms with Crippen molar-refractivity contribution in [3.05, 3.63) is 34.9 Å². The van der Waals surface area contributed by atoms with Crippen molar-refractivity contribution in [3.63, 3.8) is 0 Å². The van der Waals surface area contributed by atoms with Gasteiger partial charge in [-0.25, -0.2) is 0 Å². The number of ether oxygens (including phenoxy) is 1. The van der Waals surface area contributed by atoms with E-state index >= 15 is 0 Å². The van der Waals surface area contributed by atoms with E-state index in [1.807, 2.05) is 18.2 Å². The SMILES string of the molecule is O=C(CN1CCN(Cc2cccc(Cl)c2)CC1)NC[C@@H]1CCCO1. The largest absolute Gasteiger partial charge is 0.376 e. The van der Waals surface area contributed by atoms with E-state index < -0.39 is 0 Å². The maximum atomic E-state index is 12.0. The molecule has 0 aromatic heterocycles. The van der Waals surface area contributed by atoms with Gasteiger partial charge < -0.3 is 10.1 Å². The Morgan fingerprint density at radius 2 is 2.04 bits per heavy atom. The Labute approximate surface area is 148 Å². The zero-order chi connectivity index (χ0) is 16.8. The summed E-state index contributed by atoms with van der Waals surface area (Å²) in [5, 5.41) is 3.78. The van der Waals surface area contributed by atoms with Crippen LogP contribution in [0.3, 0.4) is 0 Å². The zero-order valence-corrected chi connectivity index (χ0v) is 14.8. The van der Waals surface area contributed by atoms with Gasteiger partial charge in [0.15, 0.2) is 0 Å². The lowest BCUT2D eigenvalue weighted by Gasteiger charge is -2.34. The quantitative estimate of drug-likeness (QED) is 0.848. The molecule has 2 heterocycles. The fourth-order valence-electron chi connectivity index (χ4n) is 3.29. The molecule has 6 heteroatoms. The van der Waals surface area contributed by atoms with Crippen LogP contribution in [0.15, 0.2) is 24.3 Å². The number of nitrogens with one attached hydrogen (secondary N) is 1. The van der Waals surface area contributed by atoms with Crippen LogP contribution in [0.5, 0.6) is 0 Å². The Morgan fingerprint density at radius 3 is 2.75 bits per heavy atom. The van der Waals surface area contributed by atoms with Crippen molar-refractivity contribution < 1.29 is 9.53 Å². The molecule has 2 saturated heterocycles. The normalized spacial score (nSPS) is 22.6. The molecule has 3 rings (SSSR count). The van der Waals surface area contributed by atoms with Crippen LogP contribution in [0, 0.1) is 0 Å². The van der Waals surface area contributed by atoms with Crippen LogP contribution in [0.2, 0.25) is 5.02 Å². The molecule has 2 fully saturated rings. The Hall–Kier alpha value is -1.14. The van der Waals surface area contributed by atoms with Crippen LogP contribution in [0.1, 0.15) is 18.4 Å². The summed E-state index contributed by atoms with van der Waals surface area (Å²) in [5.74, 6) is 0.105. The molecule has 0 spiro atoms. The Morgan fingerprint density at radius 1 is 1.25 bits per heavy atom. The van der Waals surface area contributed by atoms with Crippen LogP contribution >= 0.6 is 11.6 Å². The standard InChI is InChI=1S/C18H26ClN3O2/c19-16-4-1-3-15(11-16)13-21-6-8-22(9-7-21)14-18(23)20-12-17-5-2-10-24-17/h1,3-4,11,17H,2,5-10,12-14H2,(H,20,23)/t17-/m0/s1. The molecule has 1 amide bonds. The highest BCUT2D eigenvalue weighted by atomic mass is 35.5. The van der Waals surface area contributed by atoms with Gasteiger partial charge in [-0.1, -0.05) is 23.7 Å². The van der Waals surface area contributed by atoms with E-state index in [9.17, 15) is 4.79 Å². The van der Waals surface area contributed by atoms with Crippen molar-refractivity contribution in [2.24, 2.45) is 0 Å². The van der Waals surface area contributed by atoms with Gasteiger partial charge in [0.2, 0.25) is 5.91 Å². The summed E-state index contributed by atoms with van der Waals surface area (Å²) >= 11 is 6.04. The molecule has 0 bridgehead atoms. The van der Waals surface area contributed by atoms with E-state index in [4.69, 9.17) is 16.3 Å². The van der Waals surface area contributed by atoms with Crippen molar-refractivity contribution in [1.82, 2.24) is 15.1 Å². The molecule has 0 radical (unpaired) electrons. The third-order valence-corrected chi connectivity index (χ3v) is 4.91. The fraction of sp³-hybridized carbons (Fsp3) is 0.611. The van der Waals surface area contributed by atoms with Gasteiger partial charge in [-0.05, 0) is 30.5 Å². The summed E-state index contributed by atoms with van der Waals surface area (Å²) < 4.78 is 5.53. The van der Waals surface area contributed by atoms with Crippen molar-refractivity contribution >= 4 is 17.5 Å². The number of carbonyl (C=O) groups is 1. The number of piperazine rings is 1. The van der Waals surface area contributed by atoms with Gasteiger partial charge in [0.1, 0.15) is 0 Å². The lowest BCUT2D eigenvalue weighted by molar-refractivity contribution is -0.123. The van der Waals surface area contributed by atoms with Gasteiger partial charge >= 0.3 is 0 Å².